The molecule has 2 aromatic carbocycles. The van der Waals surface area contributed by atoms with Crippen LogP contribution in [-0.4, -0.2) is 47.5 Å². The lowest BCUT2D eigenvalue weighted by Crippen LogP contribution is -2.28. The number of halogens is 1. The van der Waals surface area contributed by atoms with E-state index in [0.29, 0.717) is 30.6 Å². The lowest BCUT2D eigenvalue weighted by atomic mass is 10.2. The fourth-order valence-corrected chi connectivity index (χ4v) is 2.70. The molecule has 1 N–H and O–H groups in total. The molecule has 1 aromatic heterocycles. The van der Waals surface area contributed by atoms with Crippen molar-refractivity contribution in [3.63, 3.8) is 0 Å². The van der Waals surface area contributed by atoms with E-state index in [1.165, 1.54) is 0 Å². The van der Waals surface area contributed by atoms with Crippen LogP contribution in [-0.2, 0) is 4.74 Å². The van der Waals surface area contributed by atoms with Gasteiger partial charge in [0.1, 0.15) is 5.75 Å². The number of ether oxygens (including phenoxy) is 2. The van der Waals surface area contributed by atoms with Crippen molar-refractivity contribution in [2.75, 3.05) is 26.9 Å². The second-order valence-corrected chi connectivity index (χ2v) is 6.29. The molecule has 0 saturated heterocycles. The first-order valence-electron chi connectivity index (χ1n) is 8.85. The van der Waals surface area contributed by atoms with Crippen molar-refractivity contribution in [1.82, 2.24) is 20.1 Å². The number of hydrogen-bond acceptors (Lipinski definition) is 5. The summed E-state index contributed by atoms with van der Waals surface area (Å²) in [5.41, 5.74) is 1.55. The SMILES string of the molecule is CCOc1ccc(-n2nc(C(=O)NCCOC)nc2-c2ccc(Cl)cc2)cc1. The molecule has 0 aliphatic carbocycles. The van der Waals surface area contributed by atoms with Crippen LogP contribution in [0, 0.1) is 0 Å². The summed E-state index contributed by atoms with van der Waals surface area (Å²) in [5, 5.41) is 7.77. The van der Waals surface area contributed by atoms with Crippen molar-refractivity contribution >= 4 is 17.5 Å². The van der Waals surface area contributed by atoms with Crippen molar-refractivity contribution in [3.05, 3.63) is 59.4 Å². The lowest BCUT2D eigenvalue weighted by molar-refractivity contribution is 0.0927. The van der Waals surface area contributed by atoms with Crippen LogP contribution in [0.3, 0.4) is 0 Å². The Balaban J connectivity index is 1.98. The van der Waals surface area contributed by atoms with E-state index >= 15 is 0 Å². The number of methoxy groups -OCH3 is 1. The molecule has 0 aliphatic rings. The maximum absolute atomic E-state index is 12.4. The minimum Gasteiger partial charge on any atom is -0.494 e. The molecule has 0 bridgehead atoms. The third-order valence-corrected chi connectivity index (χ3v) is 4.15. The van der Waals surface area contributed by atoms with Crippen molar-refractivity contribution in [2.45, 2.75) is 6.92 Å². The number of amides is 1. The van der Waals surface area contributed by atoms with Crippen molar-refractivity contribution in [2.24, 2.45) is 0 Å². The van der Waals surface area contributed by atoms with Gasteiger partial charge in [-0.05, 0) is 55.5 Å². The minimum absolute atomic E-state index is 0.0786. The summed E-state index contributed by atoms with van der Waals surface area (Å²) in [6.45, 7) is 3.31. The van der Waals surface area contributed by atoms with Gasteiger partial charge < -0.3 is 14.8 Å². The lowest BCUT2D eigenvalue weighted by Gasteiger charge is -2.08. The fraction of sp³-hybridized carbons (Fsp3) is 0.250. The highest BCUT2D eigenvalue weighted by molar-refractivity contribution is 6.30. The van der Waals surface area contributed by atoms with Gasteiger partial charge in [0.15, 0.2) is 5.82 Å². The van der Waals surface area contributed by atoms with Gasteiger partial charge in [0.2, 0.25) is 5.82 Å². The summed E-state index contributed by atoms with van der Waals surface area (Å²) in [5.74, 6) is 1.02. The van der Waals surface area contributed by atoms with Gasteiger partial charge >= 0.3 is 0 Å². The smallest absolute Gasteiger partial charge is 0.291 e. The van der Waals surface area contributed by atoms with E-state index in [9.17, 15) is 4.79 Å². The summed E-state index contributed by atoms with van der Waals surface area (Å²) in [6, 6.07) is 14.7. The van der Waals surface area contributed by atoms with Gasteiger partial charge in [-0.1, -0.05) is 11.6 Å². The first-order valence-corrected chi connectivity index (χ1v) is 9.23. The average molecular weight is 401 g/mol. The summed E-state index contributed by atoms with van der Waals surface area (Å²) in [7, 11) is 1.57. The molecule has 3 aromatic rings. The van der Waals surface area contributed by atoms with Crippen LogP contribution in [0.4, 0.5) is 0 Å². The zero-order chi connectivity index (χ0) is 19.9. The van der Waals surface area contributed by atoms with Crippen LogP contribution < -0.4 is 10.1 Å². The van der Waals surface area contributed by atoms with Crippen LogP contribution in [0.2, 0.25) is 5.02 Å². The maximum Gasteiger partial charge on any atom is 0.291 e. The topological polar surface area (TPSA) is 78.3 Å². The third kappa shape index (κ3) is 4.68. The highest BCUT2D eigenvalue weighted by Gasteiger charge is 2.18. The quantitative estimate of drug-likeness (QED) is 0.586. The van der Waals surface area contributed by atoms with Gasteiger partial charge in [-0.25, -0.2) is 9.67 Å². The van der Waals surface area contributed by atoms with Gasteiger partial charge in [-0.2, -0.15) is 0 Å². The zero-order valence-electron chi connectivity index (χ0n) is 15.7. The van der Waals surface area contributed by atoms with Crippen LogP contribution >= 0.6 is 11.6 Å². The van der Waals surface area contributed by atoms with Crippen molar-refractivity contribution in [1.29, 1.82) is 0 Å². The number of nitrogens with zero attached hydrogens (tertiary/aromatic N) is 3. The van der Waals surface area contributed by atoms with Crippen LogP contribution in [0.5, 0.6) is 5.75 Å². The van der Waals surface area contributed by atoms with Gasteiger partial charge in [0.25, 0.3) is 5.91 Å². The number of carbonyl (C=O) groups is 1. The molecule has 1 amide bonds. The summed E-state index contributed by atoms with van der Waals surface area (Å²) in [4.78, 5) is 16.8. The number of rotatable bonds is 8. The Labute approximate surface area is 168 Å². The van der Waals surface area contributed by atoms with E-state index < -0.39 is 0 Å². The molecular weight excluding hydrogens is 380 g/mol. The van der Waals surface area contributed by atoms with Gasteiger partial charge in [0.05, 0.1) is 18.9 Å². The normalized spacial score (nSPS) is 10.7. The molecule has 146 valence electrons. The van der Waals surface area contributed by atoms with Crippen molar-refractivity contribution < 1.29 is 14.3 Å². The van der Waals surface area contributed by atoms with Crippen LogP contribution in [0.25, 0.3) is 17.1 Å². The van der Waals surface area contributed by atoms with Crippen molar-refractivity contribution in [3.8, 4) is 22.8 Å². The molecule has 0 atom stereocenters. The predicted molar refractivity (Wildman–Crippen MR) is 107 cm³/mol. The summed E-state index contributed by atoms with van der Waals surface area (Å²) in [6.07, 6.45) is 0. The molecule has 28 heavy (non-hydrogen) atoms. The number of nitrogens with one attached hydrogen (secondary N) is 1. The second kappa shape index (κ2) is 9.34. The molecule has 0 spiro atoms. The number of aromatic nitrogens is 3. The van der Waals surface area contributed by atoms with Crippen LogP contribution in [0.1, 0.15) is 17.5 Å². The van der Waals surface area contributed by atoms with E-state index in [-0.39, 0.29) is 11.7 Å². The molecule has 7 nitrogen and oxygen atoms in total. The Morgan fingerprint density at radius 2 is 1.86 bits per heavy atom. The Morgan fingerprint density at radius 3 is 2.50 bits per heavy atom. The molecule has 0 fully saturated rings. The molecular formula is C20H21ClN4O3. The number of carbonyl (C=O) groups excluding carboxylic acids is 1. The summed E-state index contributed by atoms with van der Waals surface area (Å²) >= 11 is 6.00. The average Bonchev–Trinajstić information content (AvgIpc) is 3.15. The minimum atomic E-state index is -0.364. The summed E-state index contributed by atoms with van der Waals surface area (Å²) < 4.78 is 12.1. The predicted octanol–water partition coefficient (Wildman–Crippen LogP) is 3.36. The van der Waals surface area contributed by atoms with E-state index in [0.717, 1.165) is 17.0 Å². The third-order valence-electron chi connectivity index (χ3n) is 3.90. The van der Waals surface area contributed by atoms with E-state index in [4.69, 9.17) is 21.1 Å². The fourth-order valence-electron chi connectivity index (χ4n) is 2.57. The molecule has 0 radical (unpaired) electrons. The van der Waals surface area contributed by atoms with E-state index in [1.807, 2.05) is 43.3 Å². The van der Waals surface area contributed by atoms with Gasteiger partial charge in [-0.3, -0.25) is 4.79 Å². The Hall–Kier alpha value is -2.90. The Morgan fingerprint density at radius 1 is 1.14 bits per heavy atom. The molecule has 0 saturated carbocycles. The molecule has 8 heteroatoms. The monoisotopic (exact) mass is 400 g/mol. The van der Waals surface area contributed by atoms with E-state index in [2.05, 4.69) is 15.4 Å². The second-order valence-electron chi connectivity index (χ2n) is 5.85. The number of hydrogen-bond donors (Lipinski definition) is 1. The van der Waals surface area contributed by atoms with Crippen LogP contribution in [0.15, 0.2) is 48.5 Å². The zero-order valence-corrected chi connectivity index (χ0v) is 16.4. The highest BCUT2D eigenvalue weighted by atomic mass is 35.5. The standard InChI is InChI=1S/C20H21ClN4O3/c1-3-28-17-10-8-16(9-11-17)25-19(14-4-6-15(21)7-5-14)23-18(24-25)20(26)22-12-13-27-2/h4-11H,3,12-13H2,1-2H3,(H,22,26). The number of benzene rings is 2. The molecule has 3 rings (SSSR count). The highest BCUT2D eigenvalue weighted by Crippen LogP contribution is 2.24. The first kappa shape index (κ1) is 19.9. The largest absolute Gasteiger partial charge is 0.494 e. The first-order chi connectivity index (χ1) is 13.6. The van der Waals surface area contributed by atoms with Gasteiger partial charge in [0, 0.05) is 24.2 Å². The van der Waals surface area contributed by atoms with E-state index in [1.54, 1.807) is 23.9 Å². The molecule has 1 heterocycles. The maximum atomic E-state index is 12.4. The Bertz CT molecular complexity index is 924. The molecule has 0 aliphatic heterocycles. The molecule has 0 unspecified atom stereocenters. The Kier molecular flexibility index (Phi) is 6.62. The van der Waals surface area contributed by atoms with Gasteiger partial charge in [-0.15, -0.1) is 5.10 Å².